The molecule has 0 aliphatic rings. The number of alkyl carbamates (subject to hydrolysis) is 1. The number of carbonyl (C=O) groups is 6. The van der Waals surface area contributed by atoms with Crippen molar-refractivity contribution in [3.63, 3.8) is 0 Å². The second-order valence-corrected chi connectivity index (χ2v) is 16.0. The minimum Gasteiger partial charge on any atom is -0.748 e. The molecule has 0 heterocycles. The van der Waals surface area contributed by atoms with E-state index in [1.807, 2.05) is 34.6 Å². The van der Waals surface area contributed by atoms with E-state index in [1.165, 1.54) is 20.8 Å². The highest BCUT2D eigenvalue weighted by Crippen LogP contribution is 2.22. The van der Waals surface area contributed by atoms with Crippen molar-refractivity contribution in [2.24, 2.45) is 16.7 Å². The molecule has 19 heteroatoms. The maximum absolute atomic E-state index is 11.6. The lowest BCUT2D eigenvalue weighted by Crippen LogP contribution is -2.52. The number of rotatable bonds is 21. The summed E-state index contributed by atoms with van der Waals surface area (Å²) in [5.41, 5.74) is 2.25. The van der Waals surface area contributed by atoms with E-state index in [-0.39, 0.29) is 69.3 Å². The maximum atomic E-state index is 11.6. The predicted molar refractivity (Wildman–Crippen MR) is 212 cm³/mol. The van der Waals surface area contributed by atoms with E-state index in [0.717, 1.165) is 6.42 Å². The number of nitrogens with one attached hydrogen (secondary N) is 2. The summed E-state index contributed by atoms with van der Waals surface area (Å²) in [6, 6.07) is 0. The Morgan fingerprint density at radius 1 is 0.737 bits per heavy atom. The minimum atomic E-state index is -4.32. The lowest BCUT2D eigenvalue weighted by molar-refractivity contribution is -0.372. The molecular formula is C38H71N3O15S. The van der Waals surface area contributed by atoms with Crippen molar-refractivity contribution < 1.29 is 76.3 Å². The van der Waals surface area contributed by atoms with Crippen LogP contribution in [0.15, 0.2) is 24.3 Å². The van der Waals surface area contributed by atoms with E-state index >= 15 is 0 Å². The molecule has 0 radical (unpaired) electrons. The van der Waals surface area contributed by atoms with Crippen LogP contribution < -0.4 is 16.4 Å². The largest absolute Gasteiger partial charge is 0.748 e. The van der Waals surface area contributed by atoms with Crippen molar-refractivity contribution in [1.29, 1.82) is 0 Å². The molecule has 57 heavy (non-hydrogen) atoms. The van der Waals surface area contributed by atoms with Gasteiger partial charge >= 0.3 is 30.0 Å². The SMILES string of the molecule is C=C(C)C(=O)OCCNC(=O)OCCOC(=O)C(C)(C)CC.C=C(C)C(=O)OCC[NH3+].CCC(C)(C)C(=O)OCCO.CCC(C)C(=O)NC(C)(C)CS(=O)(=O)[O-]. The Balaban J connectivity index is -0.000000349. The number of hydrogen-bond acceptors (Lipinski definition) is 15. The highest BCUT2D eigenvalue weighted by Gasteiger charge is 2.28. The third-order valence-electron chi connectivity index (χ3n) is 7.49. The van der Waals surface area contributed by atoms with E-state index in [4.69, 9.17) is 24.1 Å². The summed E-state index contributed by atoms with van der Waals surface area (Å²) in [6.45, 7) is 28.8. The summed E-state index contributed by atoms with van der Waals surface area (Å²) in [6.07, 6.45) is 1.41. The fourth-order valence-electron chi connectivity index (χ4n) is 2.97. The molecule has 0 rings (SSSR count). The molecule has 0 fully saturated rings. The monoisotopic (exact) mass is 841 g/mol. The van der Waals surface area contributed by atoms with E-state index in [9.17, 15) is 41.7 Å². The Morgan fingerprint density at radius 3 is 1.53 bits per heavy atom. The van der Waals surface area contributed by atoms with Gasteiger partial charge < -0.3 is 49.7 Å². The molecule has 0 saturated carbocycles. The Hall–Kier alpha value is -4.07. The Kier molecular flexibility index (Phi) is 32.4. The number of carbonyl (C=O) groups excluding carboxylic acids is 6. The molecule has 1 atom stereocenters. The predicted octanol–water partition coefficient (Wildman–Crippen LogP) is 2.59. The van der Waals surface area contributed by atoms with Crippen molar-refractivity contribution in [3.8, 4) is 0 Å². The fourth-order valence-corrected chi connectivity index (χ4v) is 3.92. The molecule has 0 aromatic heterocycles. The van der Waals surface area contributed by atoms with E-state index < -0.39 is 44.3 Å². The first-order valence-corrected chi connectivity index (χ1v) is 20.1. The molecule has 0 saturated heterocycles. The third kappa shape index (κ3) is 34.9. The van der Waals surface area contributed by atoms with Gasteiger partial charge in [-0.15, -0.1) is 0 Å². The van der Waals surface area contributed by atoms with Gasteiger partial charge in [0.2, 0.25) is 5.91 Å². The van der Waals surface area contributed by atoms with Crippen molar-refractivity contribution in [3.05, 3.63) is 24.3 Å². The topological polar surface area (TPSA) is 278 Å². The molecule has 0 aliphatic heterocycles. The van der Waals surface area contributed by atoms with Gasteiger partial charge in [-0.05, 0) is 74.7 Å². The van der Waals surface area contributed by atoms with Crippen LogP contribution in [-0.2, 0) is 57.8 Å². The molecular weight excluding hydrogens is 770 g/mol. The minimum absolute atomic E-state index is 0.000325. The number of esters is 4. The third-order valence-corrected chi connectivity index (χ3v) is 8.56. The zero-order valence-electron chi connectivity index (χ0n) is 36.3. The summed E-state index contributed by atoms with van der Waals surface area (Å²) in [4.78, 5) is 67.1. The second kappa shape index (κ2) is 31.0. The summed E-state index contributed by atoms with van der Waals surface area (Å²) < 4.78 is 55.7. The average Bonchev–Trinajstić information content (AvgIpc) is 3.11. The molecule has 0 aromatic rings. The zero-order valence-corrected chi connectivity index (χ0v) is 37.1. The molecule has 0 spiro atoms. The van der Waals surface area contributed by atoms with E-state index in [0.29, 0.717) is 37.1 Å². The first-order valence-electron chi connectivity index (χ1n) is 18.6. The van der Waals surface area contributed by atoms with Gasteiger partial charge in [0.05, 0.1) is 39.9 Å². The van der Waals surface area contributed by atoms with E-state index in [2.05, 4.69) is 34.3 Å². The van der Waals surface area contributed by atoms with Gasteiger partial charge in [-0.25, -0.2) is 22.8 Å². The highest BCUT2D eigenvalue weighted by molar-refractivity contribution is 7.85. The number of quaternary nitrogens is 1. The van der Waals surface area contributed by atoms with Gasteiger partial charge in [0, 0.05) is 22.6 Å². The number of aliphatic hydroxyl groups is 1. The maximum Gasteiger partial charge on any atom is 0.407 e. The number of aliphatic hydroxyl groups excluding tert-OH is 1. The standard InChI is InChI=1S/C15H25NO6.C9H19NO4S.C8H16O3.C6H11NO2/c1-6-15(4,5)13(18)21-9-10-22-14(19)16-7-8-20-12(17)11(2)3;1-5-7(2)8(11)10-9(3,4)6-15(12,13)14;1-4-8(2,3)7(10)11-6-5-9;1-5(2)6(8)9-4-3-7/h2,6-10H2,1,3-5H3,(H,16,19);7H,5-6H2,1-4H3,(H,10,11)(H,12,13,14);9H,4-6H2,1-3H3;1,3-4,7H2,2H3. The normalized spacial score (nSPS) is 11.5. The van der Waals surface area contributed by atoms with Gasteiger partial charge in [-0.2, -0.15) is 0 Å². The summed E-state index contributed by atoms with van der Waals surface area (Å²) in [5.74, 6) is -2.42. The van der Waals surface area contributed by atoms with Crippen LogP contribution in [-0.4, -0.2) is 118 Å². The molecule has 2 amide bonds. The summed E-state index contributed by atoms with van der Waals surface area (Å²) >= 11 is 0. The highest BCUT2D eigenvalue weighted by atomic mass is 32.2. The van der Waals surface area contributed by atoms with Crippen LogP contribution in [0.4, 0.5) is 4.79 Å². The van der Waals surface area contributed by atoms with Crippen molar-refractivity contribution in [1.82, 2.24) is 10.6 Å². The molecule has 0 aromatic carbocycles. The Bertz CT molecular complexity index is 1380. The van der Waals surface area contributed by atoms with Gasteiger partial charge in [0.1, 0.15) is 39.6 Å². The van der Waals surface area contributed by atoms with Gasteiger partial charge in [-0.3, -0.25) is 14.4 Å². The quantitative estimate of drug-likeness (QED) is 0.0425. The van der Waals surface area contributed by atoms with Crippen LogP contribution in [0, 0.1) is 16.7 Å². The zero-order chi connectivity index (χ0) is 45.6. The fraction of sp³-hybridized carbons (Fsp3) is 0.737. The summed E-state index contributed by atoms with van der Waals surface area (Å²) in [7, 11) is -4.32. The molecule has 1 unspecified atom stereocenters. The van der Waals surface area contributed by atoms with Crippen molar-refractivity contribution >= 4 is 46.0 Å². The average molecular weight is 842 g/mol. The number of hydrogen-bond donors (Lipinski definition) is 4. The van der Waals surface area contributed by atoms with Gasteiger partial charge in [-0.1, -0.05) is 40.9 Å². The van der Waals surface area contributed by atoms with Crippen molar-refractivity contribution in [2.45, 2.75) is 108 Å². The van der Waals surface area contributed by atoms with Crippen LogP contribution in [0.2, 0.25) is 0 Å². The van der Waals surface area contributed by atoms with Crippen LogP contribution in [0.1, 0.15) is 102 Å². The molecule has 0 aliphatic carbocycles. The van der Waals surface area contributed by atoms with Crippen LogP contribution in [0.3, 0.4) is 0 Å². The van der Waals surface area contributed by atoms with Crippen molar-refractivity contribution in [2.75, 3.05) is 58.5 Å². The van der Waals surface area contributed by atoms with Gasteiger partial charge in [0.15, 0.2) is 0 Å². The molecule has 6 N–H and O–H groups in total. The van der Waals surface area contributed by atoms with E-state index in [1.54, 1.807) is 27.7 Å². The molecule has 334 valence electrons. The van der Waals surface area contributed by atoms with Crippen LogP contribution in [0.25, 0.3) is 0 Å². The van der Waals surface area contributed by atoms with Crippen LogP contribution in [0.5, 0.6) is 0 Å². The molecule has 18 nitrogen and oxygen atoms in total. The number of ether oxygens (including phenoxy) is 5. The lowest BCUT2D eigenvalue weighted by Gasteiger charge is -2.28. The Labute approximate surface area is 339 Å². The Morgan fingerprint density at radius 2 is 1.16 bits per heavy atom. The van der Waals surface area contributed by atoms with Crippen LogP contribution >= 0.6 is 0 Å². The lowest BCUT2D eigenvalue weighted by atomic mass is 9.91. The first kappa shape index (κ1) is 59.6. The first-order chi connectivity index (χ1) is 26.0. The second-order valence-electron chi connectivity index (χ2n) is 14.6. The molecule has 0 bridgehead atoms. The smallest absolute Gasteiger partial charge is 0.407 e. The summed E-state index contributed by atoms with van der Waals surface area (Å²) in [5, 5.41) is 13.3. The number of amides is 2. The van der Waals surface area contributed by atoms with Gasteiger partial charge in [0.25, 0.3) is 0 Å².